The van der Waals surface area contributed by atoms with Crippen LogP contribution in [0, 0.1) is 0 Å². The number of amides is 1. The minimum atomic E-state index is 0. The van der Waals surface area contributed by atoms with Crippen molar-refractivity contribution in [1.82, 2.24) is 4.90 Å². The van der Waals surface area contributed by atoms with Gasteiger partial charge in [-0.1, -0.05) is 18.2 Å². The highest BCUT2D eigenvalue weighted by Gasteiger charge is 2.24. The van der Waals surface area contributed by atoms with Crippen LogP contribution in [-0.2, 0) is 4.79 Å². The molecular weight excluding hydrogens is 250 g/mol. The van der Waals surface area contributed by atoms with E-state index in [0.29, 0.717) is 19.1 Å². The van der Waals surface area contributed by atoms with Gasteiger partial charge in [-0.25, -0.2) is 0 Å². The highest BCUT2D eigenvalue weighted by molar-refractivity contribution is 5.92. The van der Waals surface area contributed by atoms with Crippen LogP contribution < -0.4 is 11.1 Å². The van der Waals surface area contributed by atoms with E-state index in [1.54, 1.807) is 0 Å². The van der Waals surface area contributed by atoms with Gasteiger partial charge in [-0.2, -0.15) is 0 Å². The first-order valence-electron chi connectivity index (χ1n) is 6.08. The number of nitrogens with zero attached hydrogens (tertiary/aromatic N) is 1. The largest absolute Gasteiger partial charge is 0.329 e. The third-order valence-electron chi connectivity index (χ3n) is 3.18. The summed E-state index contributed by atoms with van der Waals surface area (Å²) < 4.78 is 0. The molecule has 18 heavy (non-hydrogen) atoms. The standard InChI is InChI=1S/C13H19N3O.ClH/c14-9-12-7-4-8-16(12)10-13(17)15-11-5-2-1-3-6-11;/h1-3,5-6,12H,4,7-10,14H2,(H,15,17);1H. The Kier molecular flexibility index (Phi) is 6.12. The number of hydrogen-bond donors (Lipinski definition) is 2. The molecule has 0 bridgehead atoms. The molecule has 0 aromatic heterocycles. The van der Waals surface area contributed by atoms with Crippen LogP contribution in [0.5, 0.6) is 0 Å². The van der Waals surface area contributed by atoms with Crippen LogP contribution in [0.3, 0.4) is 0 Å². The Bertz CT molecular complexity index is 372. The number of benzene rings is 1. The number of hydrogen-bond acceptors (Lipinski definition) is 3. The van der Waals surface area contributed by atoms with Crippen LogP contribution in [0.15, 0.2) is 30.3 Å². The summed E-state index contributed by atoms with van der Waals surface area (Å²) >= 11 is 0. The molecule has 5 heteroatoms. The number of anilines is 1. The van der Waals surface area contributed by atoms with E-state index in [2.05, 4.69) is 10.2 Å². The molecule has 3 N–H and O–H groups in total. The van der Waals surface area contributed by atoms with Crippen molar-refractivity contribution in [3.05, 3.63) is 30.3 Å². The lowest BCUT2D eigenvalue weighted by Gasteiger charge is -2.22. The van der Waals surface area contributed by atoms with E-state index in [-0.39, 0.29) is 18.3 Å². The lowest BCUT2D eigenvalue weighted by molar-refractivity contribution is -0.117. The average Bonchev–Trinajstić information content (AvgIpc) is 2.77. The van der Waals surface area contributed by atoms with E-state index >= 15 is 0 Å². The maximum absolute atomic E-state index is 11.8. The second kappa shape index (κ2) is 7.36. The summed E-state index contributed by atoms with van der Waals surface area (Å²) in [5, 5.41) is 2.89. The van der Waals surface area contributed by atoms with Gasteiger partial charge >= 0.3 is 0 Å². The predicted octanol–water partition coefficient (Wildman–Crippen LogP) is 1.47. The van der Waals surface area contributed by atoms with Gasteiger partial charge in [0.1, 0.15) is 0 Å². The van der Waals surface area contributed by atoms with Crippen molar-refractivity contribution in [3.63, 3.8) is 0 Å². The zero-order chi connectivity index (χ0) is 12.1. The molecular formula is C13H20ClN3O. The quantitative estimate of drug-likeness (QED) is 0.870. The maximum atomic E-state index is 11.8. The lowest BCUT2D eigenvalue weighted by Crippen LogP contribution is -2.40. The van der Waals surface area contributed by atoms with Crippen LogP contribution in [0.1, 0.15) is 12.8 Å². The van der Waals surface area contributed by atoms with Crippen molar-refractivity contribution < 1.29 is 4.79 Å². The molecule has 1 aromatic rings. The van der Waals surface area contributed by atoms with E-state index in [9.17, 15) is 4.79 Å². The van der Waals surface area contributed by atoms with Crippen molar-refractivity contribution in [3.8, 4) is 0 Å². The van der Waals surface area contributed by atoms with Gasteiger partial charge in [0.15, 0.2) is 0 Å². The molecule has 0 spiro atoms. The molecule has 4 nitrogen and oxygen atoms in total. The van der Waals surface area contributed by atoms with Gasteiger partial charge in [0.25, 0.3) is 0 Å². The lowest BCUT2D eigenvalue weighted by atomic mass is 10.2. The summed E-state index contributed by atoms with van der Waals surface area (Å²) in [6.07, 6.45) is 2.25. The second-order valence-electron chi connectivity index (χ2n) is 4.42. The zero-order valence-corrected chi connectivity index (χ0v) is 11.2. The summed E-state index contributed by atoms with van der Waals surface area (Å²) in [5.41, 5.74) is 6.53. The summed E-state index contributed by atoms with van der Waals surface area (Å²) in [5.74, 6) is 0.0385. The Hall–Kier alpha value is -1.10. The normalized spacial score (nSPS) is 19.3. The summed E-state index contributed by atoms with van der Waals surface area (Å²) in [6.45, 7) is 2.06. The van der Waals surface area contributed by atoms with Crippen LogP contribution >= 0.6 is 12.4 Å². The van der Waals surface area contributed by atoms with Gasteiger partial charge in [0, 0.05) is 18.3 Å². The minimum absolute atomic E-state index is 0. The smallest absolute Gasteiger partial charge is 0.238 e. The Labute approximate surface area is 114 Å². The second-order valence-corrected chi connectivity index (χ2v) is 4.42. The van der Waals surface area contributed by atoms with Gasteiger partial charge in [-0.15, -0.1) is 12.4 Å². The molecule has 1 aliphatic heterocycles. The molecule has 0 aliphatic carbocycles. The number of carbonyl (C=O) groups excluding carboxylic acids is 1. The fraction of sp³-hybridized carbons (Fsp3) is 0.462. The fourth-order valence-corrected chi connectivity index (χ4v) is 2.28. The van der Waals surface area contributed by atoms with Gasteiger partial charge < -0.3 is 11.1 Å². The maximum Gasteiger partial charge on any atom is 0.238 e. The Morgan fingerprint density at radius 1 is 1.39 bits per heavy atom. The van der Waals surface area contributed by atoms with Crippen molar-refractivity contribution >= 4 is 24.0 Å². The van der Waals surface area contributed by atoms with Crippen LogP contribution in [0.25, 0.3) is 0 Å². The first kappa shape index (κ1) is 15.0. The molecule has 1 atom stereocenters. The molecule has 0 radical (unpaired) electrons. The number of likely N-dealkylation sites (tertiary alicyclic amines) is 1. The fourth-order valence-electron chi connectivity index (χ4n) is 2.28. The molecule has 1 unspecified atom stereocenters. The molecule has 1 saturated heterocycles. The first-order valence-corrected chi connectivity index (χ1v) is 6.08. The Morgan fingerprint density at radius 3 is 2.78 bits per heavy atom. The molecule has 100 valence electrons. The number of halogens is 1. The highest BCUT2D eigenvalue weighted by Crippen LogP contribution is 2.15. The monoisotopic (exact) mass is 269 g/mol. The summed E-state index contributed by atoms with van der Waals surface area (Å²) in [6, 6.07) is 9.91. The summed E-state index contributed by atoms with van der Waals surface area (Å²) in [7, 11) is 0. The zero-order valence-electron chi connectivity index (χ0n) is 10.3. The molecule has 0 saturated carbocycles. The number of carbonyl (C=O) groups is 1. The van der Waals surface area contributed by atoms with Crippen molar-refractivity contribution in [2.24, 2.45) is 5.73 Å². The van der Waals surface area contributed by atoms with E-state index in [1.807, 2.05) is 30.3 Å². The third kappa shape index (κ3) is 3.98. The topological polar surface area (TPSA) is 58.4 Å². The van der Waals surface area contributed by atoms with E-state index in [1.165, 1.54) is 0 Å². The van der Waals surface area contributed by atoms with Crippen LogP contribution in [0.2, 0.25) is 0 Å². The SMILES string of the molecule is Cl.NCC1CCCN1CC(=O)Nc1ccccc1. The van der Waals surface area contributed by atoms with Crippen molar-refractivity contribution in [2.45, 2.75) is 18.9 Å². The van der Waals surface area contributed by atoms with Crippen LogP contribution in [-0.4, -0.2) is 36.5 Å². The summed E-state index contributed by atoms with van der Waals surface area (Å²) in [4.78, 5) is 14.0. The Balaban J connectivity index is 0.00000162. The molecule has 2 rings (SSSR count). The van der Waals surface area contributed by atoms with E-state index in [0.717, 1.165) is 25.1 Å². The average molecular weight is 270 g/mol. The van der Waals surface area contributed by atoms with Crippen LogP contribution in [0.4, 0.5) is 5.69 Å². The third-order valence-corrected chi connectivity index (χ3v) is 3.18. The predicted molar refractivity (Wildman–Crippen MR) is 76.0 cm³/mol. The highest BCUT2D eigenvalue weighted by atomic mass is 35.5. The molecule has 1 heterocycles. The van der Waals surface area contributed by atoms with Crippen molar-refractivity contribution in [1.29, 1.82) is 0 Å². The minimum Gasteiger partial charge on any atom is -0.329 e. The number of para-hydroxylation sites is 1. The van der Waals surface area contributed by atoms with E-state index in [4.69, 9.17) is 5.73 Å². The molecule has 1 aliphatic rings. The number of rotatable bonds is 4. The van der Waals surface area contributed by atoms with Crippen molar-refractivity contribution in [2.75, 3.05) is 25.0 Å². The molecule has 1 amide bonds. The van der Waals surface area contributed by atoms with Gasteiger partial charge in [0.05, 0.1) is 6.54 Å². The molecule has 1 aromatic carbocycles. The number of nitrogens with two attached hydrogens (primary N) is 1. The number of nitrogens with one attached hydrogen (secondary N) is 1. The Morgan fingerprint density at radius 2 is 2.11 bits per heavy atom. The van der Waals surface area contributed by atoms with Gasteiger partial charge in [0.2, 0.25) is 5.91 Å². The van der Waals surface area contributed by atoms with E-state index < -0.39 is 0 Å². The first-order chi connectivity index (χ1) is 8.29. The van der Waals surface area contributed by atoms with Gasteiger partial charge in [-0.3, -0.25) is 9.69 Å². The van der Waals surface area contributed by atoms with Gasteiger partial charge in [-0.05, 0) is 31.5 Å². The molecule has 1 fully saturated rings.